The Balaban J connectivity index is 0.000000523. The Hall–Kier alpha value is -1.54. The number of aryl methyl sites for hydroxylation is 1. The van der Waals surface area contributed by atoms with Crippen LogP contribution in [0.15, 0.2) is 36.4 Å². The number of unbranched alkanes of at least 4 members (excludes halogenated alkanes) is 5. The molecule has 0 unspecified atom stereocenters. The maximum Gasteiger partial charge on any atom is 0.126 e. The summed E-state index contributed by atoms with van der Waals surface area (Å²) in [5.41, 5.74) is 1.09. The number of fused-ring (bicyclic) bond motifs is 1. The summed E-state index contributed by atoms with van der Waals surface area (Å²) in [6.45, 7) is 4.24. The molecular weight excluding hydrogens is 272 g/mol. The lowest BCUT2D eigenvalue weighted by Gasteiger charge is -2.08. The van der Waals surface area contributed by atoms with Gasteiger partial charge in [0.05, 0.1) is 13.2 Å². The molecule has 0 radical (unpaired) electrons. The van der Waals surface area contributed by atoms with E-state index >= 15 is 0 Å². The molecule has 3 rings (SSSR count). The fraction of sp³-hybridized carbons (Fsp3) is 0.500. The smallest absolute Gasteiger partial charge is 0.126 e. The molecule has 2 nitrogen and oxygen atoms in total. The van der Waals surface area contributed by atoms with E-state index < -0.39 is 0 Å². The molecule has 0 spiro atoms. The van der Waals surface area contributed by atoms with E-state index in [1.54, 1.807) is 0 Å². The van der Waals surface area contributed by atoms with Gasteiger partial charge in [0, 0.05) is 5.39 Å². The van der Waals surface area contributed by atoms with Crippen LogP contribution in [0.3, 0.4) is 0 Å². The van der Waals surface area contributed by atoms with Crippen LogP contribution in [0, 0.1) is 0 Å². The Bertz CT molecular complexity index is 558. The van der Waals surface area contributed by atoms with Gasteiger partial charge in [-0.1, -0.05) is 75.4 Å². The minimum absolute atomic E-state index is 0.478. The summed E-state index contributed by atoms with van der Waals surface area (Å²) in [7, 11) is 0. The number of aromatic hydroxyl groups is 1. The number of hydrogen-bond acceptors (Lipinski definition) is 2. The quantitative estimate of drug-likeness (QED) is 0.543. The van der Waals surface area contributed by atoms with Crippen molar-refractivity contribution in [1.82, 2.24) is 0 Å². The van der Waals surface area contributed by atoms with Gasteiger partial charge >= 0.3 is 0 Å². The van der Waals surface area contributed by atoms with Gasteiger partial charge in [-0.25, -0.2) is 0 Å². The number of phenols is 1. The average molecular weight is 300 g/mol. The zero-order valence-corrected chi connectivity index (χ0v) is 13.7. The van der Waals surface area contributed by atoms with Gasteiger partial charge in [-0.05, 0) is 23.8 Å². The molecule has 1 fully saturated rings. The Morgan fingerprint density at radius 1 is 0.909 bits per heavy atom. The number of ether oxygens (including phenoxy) is 1. The van der Waals surface area contributed by atoms with Crippen molar-refractivity contribution in [2.24, 2.45) is 0 Å². The Morgan fingerprint density at radius 3 is 2.32 bits per heavy atom. The largest absolute Gasteiger partial charge is 0.507 e. The lowest BCUT2D eigenvalue weighted by Crippen LogP contribution is -1.88. The van der Waals surface area contributed by atoms with E-state index in [9.17, 15) is 5.11 Å². The third kappa shape index (κ3) is 5.69. The lowest BCUT2D eigenvalue weighted by atomic mass is 10.0. The Morgan fingerprint density at radius 2 is 1.59 bits per heavy atom. The van der Waals surface area contributed by atoms with Crippen LogP contribution in [0.5, 0.6) is 5.75 Å². The van der Waals surface area contributed by atoms with Crippen LogP contribution in [0.25, 0.3) is 10.8 Å². The predicted octanol–water partition coefficient (Wildman–Crippen LogP) is 5.47. The fourth-order valence-corrected chi connectivity index (χ4v) is 2.60. The molecule has 2 heteroatoms. The highest BCUT2D eigenvalue weighted by Gasteiger charge is 2.05. The first-order valence-electron chi connectivity index (χ1n) is 8.60. The van der Waals surface area contributed by atoms with Crippen LogP contribution in [-0.4, -0.2) is 18.3 Å². The molecule has 120 valence electrons. The summed E-state index contributed by atoms with van der Waals surface area (Å²) >= 11 is 0. The molecule has 0 amide bonds. The molecule has 2 aromatic carbocycles. The highest BCUT2D eigenvalue weighted by atomic mass is 16.6. The molecule has 0 aliphatic carbocycles. The molecule has 1 saturated heterocycles. The standard InChI is InChI=1S/C18H24O.C2H4O/c1-2-3-4-5-6-7-11-16-14-13-15-10-8-9-12-17(15)18(16)19;1-2-3-1/h8-10,12-14,19H,2-7,11H2,1H3;1-2H2. The van der Waals surface area contributed by atoms with Crippen LogP contribution in [0.2, 0.25) is 0 Å². The molecule has 1 aliphatic rings. The minimum atomic E-state index is 0.478. The Kier molecular flexibility index (Phi) is 7.24. The molecule has 22 heavy (non-hydrogen) atoms. The molecule has 1 N–H and O–H groups in total. The van der Waals surface area contributed by atoms with Crippen LogP contribution < -0.4 is 0 Å². The van der Waals surface area contributed by atoms with Crippen LogP contribution >= 0.6 is 0 Å². The normalized spacial score (nSPS) is 12.8. The second kappa shape index (κ2) is 9.47. The van der Waals surface area contributed by atoms with Crippen molar-refractivity contribution in [3.05, 3.63) is 42.0 Å². The second-order valence-corrected chi connectivity index (χ2v) is 5.92. The molecule has 2 aromatic rings. The van der Waals surface area contributed by atoms with Crippen molar-refractivity contribution < 1.29 is 9.84 Å². The lowest BCUT2D eigenvalue weighted by molar-refractivity contribution is 0.472. The zero-order chi connectivity index (χ0) is 15.6. The molecule has 0 aromatic heterocycles. The minimum Gasteiger partial charge on any atom is -0.507 e. The van der Waals surface area contributed by atoms with E-state index in [1.807, 2.05) is 24.3 Å². The maximum absolute atomic E-state index is 10.3. The summed E-state index contributed by atoms with van der Waals surface area (Å²) < 4.78 is 4.50. The molecule has 0 atom stereocenters. The molecular formula is C20H28O2. The van der Waals surface area contributed by atoms with Crippen LogP contribution in [0.4, 0.5) is 0 Å². The van der Waals surface area contributed by atoms with Gasteiger partial charge in [-0.3, -0.25) is 0 Å². The molecule has 0 bridgehead atoms. The number of epoxide rings is 1. The van der Waals surface area contributed by atoms with Crippen molar-refractivity contribution >= 4 is 10.8 Å². The highest BCUT2D eigenvalue weighted by Crippen LogP contribution is 2.29. The van der Waals surface area contributed by atoms with Crippen molar-refractivity contribution in [3.8, 4) is 5.75 Å². The number of phenolic OH excluding ortho intramolecular Hbond substituents is 1. The maximum atomic E-state index is 10.3. The van der Waals surface area contributed by atoms with Crippen molar-refractivity contribution in [1.29, 1.82) is 0 Å². The topological polar surface area (TPSA) is 32.8 Å². The fourth-order valence-electron chi connectivity index (χ4n) is 2.60. The third-order valence-electron chi connectivity index (χ3n) is 3.99. The summed E-state index contributed by atoms with van der Waals surface area (Å²) in [4.78, 5) is 0. The van der Waals surface area contributed by atoms with Crippen molar-refractivity contribution in [2.45, 2.75) is 51.9 Å². The number of rotatable bonds is 7. The summed E-state index contributed by atoms with van der Waals surface area (Å²) in [5, 5.41) is 12.4. The average Bonchev–Trinajstić information content (AvgIpc) is 3.42. The second-order valence-electron chi connectivity index (χ2n) is 5.92. The van der Waals surface area contributed by atoms with E-state index in [4.69, 9.17) is 0 Å². The highest BCUT2D eigenvalue weighted by molar-refractivity contribution is 5.89. The van der Waals surface area contributed by atoms with E-state index in [0.717, 1.165) is 36.0 Å². The molecule has 1 aliphatic heterocycles. The van der Waals surface area contributed by atoms with E-state index in [-0.39, 0.29) is 0 Å². The van der Waals surface area contributed by atoms with Crippen molar-refractivity contribution in [2.75, 3.05) is 13.2 Å². The van der Waals surface area contributed by atoms with Crippen molar-refractivity contribution in [3.63, 3.8) is 0 Å². The molecule has 1 heterocycles. The van der Waals surface area contributed by atoms with Gasteiger partial charge in [-0.15, -0.1) is 0 Å². The van der Waals surface area contributed by atoms with E-state index in [1.165, 1.54) is 38.5 Å². The Labute approximate surface area is 134 Å². The first-order chi connectivity index (χ1) is 10.8. The predicted molar refractivity (Wildman–Crippen MR) is 93.5 cm³/mol. The van der Waals surface area contributed by atoms with Gasteiger partial charge in [0.2, 0.25) is 0 Å². The van der Waals surface area contributed by atoms with Gasteiger partial charge in [-0.2, -0.15) is 0 Å². The third-order valence-corrected chi connectivity index (χ3v) is 3.99. The van der Waals surface area contributed by atoms with Gasteiger partial charge < -0.3 is 9.84 Å². The van der Waals surface area contributed by atoms with Gasteiger partial charge in [0.25, 0.3) is 0 Å². The number of hydrogen-bond donors (Lipinski definition) is 1. The molecule has 0 saturated carbocycles. The monoisotopic (exact) mass is 300 g/mol. The summed E-state index contributed by atoms with van der Waals surface area (Å²) in [6, 6.07) is 12.2. The first kappa shape index (κ1) is 16.8. The van der Waals surface area contributed by atoms with Gasteiger partial charge in [0.1, 0.15) is 5.75 Å². The number of benzene rings is 2. The van der Waals surface area contributed by atoms with Crippen LogP contribution in [-0.2, 0) is 11.2 Å². The van der Waals surface area contributed by atoms with E-state index in [0.29, 0.717) is 5.75 Å². The summed E-state index contributed by atoms with van der Waals surface area (Å²) in [6.07, 6.45) is 8.75. The van der Waals surface area contributed by atoms with Gasteiger partial charge in [0.15, 0.2) is 0 Å². The van der Waals surface area contributed by atoms with Crippen LogP contribution in [0.1, 0.15) is 51.0 Å². The SMILES string of the molecule is C1CO1.CCCCCCCCc1ccc2ccccc2c1O. The van der Waals surface area contributed by atoms with E-state index in [2.05, 4.69) is 23.8 Å². The first-order valence-corrected chi connectivity index (χ1v) is 8.60. The zero-order valence-electron chi connectivity index (χ0n) is 13.7. The summed E-state index contributed by atoms with van der Waals surface area (Å²) in [5.74, 6) is 0.478.